The fourth-order valence-electron chi connectivity index (χ4n) is 1.95. The first-order chi connectivity index (χ1) is 9.67. The number of anilines is 3. The summed E-state index contributed by atoms with van der Waals surface area (Å²) in [7, 11) is 0. The molecular weight excluding hydrogens is 274 g/mol. The number of nitriles is 1. The minimum Gasteiger partial charge on any atom is -0.397 e. The van der Waals surface area contributed by atoms with Crippen LogP contribution in [0.2, 0.25) is 5.02 Å². The summed E-state index contributed by atoms with van der Waals surface area (Å²) in [6, 6.07) is 10.8. The number of hydrogen-bond acceptors (Lipinski definition) is 4. The van der Waals surface area contributed by atoms with E-state index >= 15 is 0 Å². The monoisotopic (exact) mass is 283 g/mol. The first kappa shape index (κ1) is 12.3. The molecule has 1 heterocycles. The number of nitrogen functional groups attached to an aromatic ring is 1. The molecule has 0 aliphatic rings. The van der Waals surface area contributed by atoms with Crippen LogP contribution in [0.25, 0.3) is 10.9 Å². The quantitative estimate of drug-likeness (QED) is 0.629. The van der Waals surface area contributed by atoms with Gasteiger partial charge in [0.15, 0.2) is 0 Å². The second-order valence-corrected chi connectivity index (χ2v) is 4.74. The summed E-state index contributed by atoms with van der Waals surface area (Å²) in [6.45, 7) is 0. The van der Waals surface area contributed by atoms with Gasteiger partial charge in [-0.3, -0.25) is 5.10 Å². The Hall–Kier alpha value is -2.71. The second-order valence-electron chi connectivity index (χ2n) is 4.33. The second kappa shape index (κ2) is 4.76. The van der Waals surface area contributed by atoms with Gasteiger partial charge in [0.05, 0.1) is 45.4 Å². The molecule has 0 amide bonds. The van der Waals surface area contributed by atoms with Crippen molar-refractivity contribution in [2.75, 3.05) is 11.1 Å². The molecular formula is C14H10ClN5. The van der Waals surface area contributed by atoms with Gasteiger partial charge in [-0.15, -0.1) is 0 Å². The van der Waals surface area contributed by atoms with Crippen LogP contribution in [0.5, 0.6) is 0 Å². The van der Waals surface area contributed by atoms with Crippen molar-refractivity contribution in [3.63, 3.8) is 0 Å². The predicted molar refractivity (Wildman–Crippen MR) is 80.0 cm³/mol. The van der Waals surface area contributed by atoms with Gasteiger partial charge in [-0.1, -0.05) is 11.6 Å². The molecule has 0 bridgehead atoms. The Balaban J connectivity index is 2.04. The molecule has 0 unspecified atom stereocenters. The van der Waals surface area contributed by atoms with E-state index in [1.807, 2.05) is 12.1 Å². The van der Waals surface area contributed by atoms with E-state index in [2.05, 4.69) is 21.6 Å². The van der Waals surface area contributed by atoms with Gasteiger partial charge in [-0.25, -0.2) is 0 Å². The summed E-state index contributed by atoms with van der Waals surface area (Å²) < 4.78 is 0. The first-order valence-corrected chi connectivity index (χ1v) is 6.24. The van der Waals surface area contributed by atoms with Gasteiger partial charge in [-0.05, 0) is 30.3 Å². The lowest BCUT2D eigenvalue weighted by Gasteiger charge is -2.11. The zero-order chi connectivity index (χ0) is 14.1. The molecule has 98 valence electrons. The summed E-state index contributed by atoms with van der Waals surface area (Å²) >= 11 is 6.12. The van der Waals surface area contributed by atoms with Gasteiger partial charge in [0.1, 0.15) is 0 Å². The lowest BCUT2D eigenvalue weighted by molar-refractivity contribution is 1.12. The normalized spacial score (nSPS) is 10.4. The van der Waals surface area contributed by atoms with Crippen molar-refractivity contribution in [2.45, 2.75) is 0 Å². The van der Waals surface area contributed by atoms with Gasteiger partial charge in [0, 0.05) is 5.39 Å². The Morgan fingerprint density at radius 2 is 2.10 bits per heavy atom. The summed E-state index contributed by atoms with van der Waals surface area (Å²) in [5.74, 6) is 0. The van der Waals surface area contributed by atoms with Crippen LogP contribution in [-0.4, -0.2) is 10.2 Å². The van der Waals surface area contributed by atoms with Crippen LogP contribution >= 0.6 is 11.6 Å². The molecule has 6 heteroatoms. The van der Waals surface area contributed by atoms with E-state index in [0.717, 1.165) is 10.9 Å². The number of rotatable bonds is 2. The number of halogens is 1. The van der Waals surface area contributed by atoms with Gasteiger partial charge in [0.25, 0.3) is 0 Å². The van der Waals surface area contributed by atoms with Crippen molar-refractivity contribution >= 4 is 39.6 Å². The zero-order valence-corrected chi connectivity index (χ0v) is 11.1. The molecule has 3 aromatic rings. The fraction of sp³-hybridized carbons (Fsp3) is 0. The van der Waals surface area contributed by atoms with Crippen molar-refractivity contribution in [3.8, 4) is 6.07 Å². The largest absolute Gasteiger partial charge is 0.397 e. The molecule has 0 aliphatic carbocycles. The van der Waals surface area contributed by atoms with Crippen molar-refractivity contribution in [1.29, 1.82) is 5.26 Å². The zero-order valence-electron chi connectivity index (χ0n) is 10.3. The summed E-state index contributed by atoms with van der Waals surface area (Å²) in [4.78, 5) is 0. The highest BCUT2D eigenvalue weighted by Crippen LogP contribution is 2.31. The molecule has 1 aromatic heterocycles. The molecule has 3 rings (SSSR count). The molecule has 0 saturated heterocycles. The first-order valence-electron chi connectivity index (χ1n) is 5.86. The molecule has 0 radical (unpaired) electrons. The van der Waals surface area contributed by atoms with Crippen LogP contribution in [0.15, 0.2) is 36.5 Å². The lowest BCUT2D eigenvalue weighted by atomic mass is 10.1. The van der Waals surface area contributed by atoms with Gasteiger partial charge < -0.3 is 11.1 Å². The number of aromatic nitrogens is 2. The number of hydrogen-bond donors (Lipinski definition) is 3. The Morgan fingerprint density at radius 3 is 2.90 bits per heavy atom. The standard InChI is InChI=1S/C14H10ClN5/c15-10-2-1-8(6-16)3-13(10)19-14-5-12-9(4-11(14)17)7-18-20-12/h1-5,7,19H,17H2,(H,18,20). The van der Waals surface area contributed by atoms with Crippen LogP contribution in [0, 0.1) is 11.3 Å². The van der Waals surface area contributed by atoms with Gasteiger partial charge in [0.2, 0.25) is 0 Å². The predicted octanol–water partition coefficient (Wildman–Crippen LogP) is 3.41. The number of nitrogens with two attached hydrogens (primary N) is 1. The molecule has 0 fully saturated rings. The molecule has 0 saturated carbocycles. The van der Waals surface area contributed by atoms with E-state index in [9.17, 15) is 0 Å². The highest BCUT2D eigenvalue weighted by atomic mass is 35.5. The van der Waals surface area contributed by atoms with E-state index in [4.69, 9.17) is 22.6 Å². The van der Waals surface area contributed by atoms with Crippen LogP contribution in [-0.2, 0) is 0 Å². The van der Waals surface area contributed by atoms with E-state index in [1.54, 1.807) is 24.4 Å². The van der Waals surface area contributed by atoms with E-state index in [0.29, 0.717) is 27.6 Å². The topological polar surface area (TPSA) is 90.5 Å². The van der Waals surface area contributed by atoms with E-state index < -0.39 is 0 Å². The van der Waals surface area contributed by atoms with Crippen molar-refractivity contribution in [1.82, 2.24) is 10.2 Å². The van der Waals surface area contributed by atoms with E-state index in [1.165, 1.54) is 0 Å². The maximum atomic E-state index is 8.93. The third-order valence-electron chi connectivity index (χ3n) is 2.98. The average Bonchev–Trinajstić information content (AvgIpc) is 2.88. The number of nitrogens with one attached hydrogen (secondary N) is 2. The fourth-order valence-corrected chi connectivity index (χ4v) is 2.12. The minimum absolute atomic E-state index is 0.521. The lowest BCUT2D eigenvalue weighted by Crippen LogP contribution is -1.97. The number of aromatic amines is 1. The van der Waals surface area contributed by atoms with Gasteiger partial charge >= 0.3 is 0 Å². The maximum absolute atomic E-state index is 8.93. The number of nitrogens with zero attached hydrogens (tertiary/aromatic N) is 2. The third kappa shape index (κ3) is 2.13. The highest BCUT2D eigenvalue weighted by molar-refractivity contribution is 6.33. The van der Waals surface area contributed by atoms with Crippen molar-refractivity contribution < 1.29 is 0 Å². The number of H-pyrrole nitrogens is 1. The molecule has 2 aromatic carbocycles. The summed E-state index contributed by atoms with van der Waals surface area (Å²) in [5, 5.41) is 20.4. The van der Waals surface area contributed by atoms with Gasteiger partial charge in [-0.2, -0.15) is 10.4 Å². The maximum Gasteiger partial charge on any atom is 0.0992 e. The average molecular weight is 284 g/mol. The highest BCUT2D eigenvalue weighted by Gasteiger charge is 2.07. The molecule has 0 atom stereocenters. The van der Waals surface area contributed by atoms with Crippen molar-refractivity contribution in [3.05, 3.63) is 47.1 Å². The molecule has 5 nitrogen and oxygen atoms in total. The van der Waals surface area contributed by atoms with Crippen LogP contribution in [0.4, 0.5) is 17.1 Å². The minimum atomic E-state index is 0.521. The van der Waals surface area contributed by atoms with Crippen molar-refractivity contribution in [2.24, 2.45) is 0 Å². The Bertz CT molecular complexity index is 831. The SMILES string of the molecule is N#Cc1ccc(Cl)c(Nc2cc3[nH]ncc3cc2N)c1. The smallest absolute Gasteiger partial charge is 0.0992 e. The summed E-state index contributed by atoms with van der Waals surface area (Å²) in [5.41, 5.74) is 9.32. The van der Waals surface area contributed by atoms with Crippen LogP contribution in [0.1, 0.15) is 5.56 Å². The Kier molecular flexibility index (Phi) is 2.93. The van der Waals surface area contributed by atoms with Crippen LogP contribution in [0.3, 0.4) is 0 Å². The Labute approximate surface area is 120 Å². The number of benzene rings is 2. The van der Waals surface area contributed by atoms with Crippen LogP contribution < -0.4 is 11.1 Å². The Morgan fingerprint density at radius 1 is 1.25 bits per heavy atom. The third-order valence-corrected chi connectivity index (χ3v) is 3.30. The molecule has 0 spiro atoms. The molecule has 20 heavy (non-hydrogen) atoms. The molecule has 4 N–H and O–H groups in total. The summed E-state index contributed by atoms with van der Waals surface area (Å²) in [6.07, 6.45) is 1.71. The number of fused-ring (bicyclic) bond motifs is 1. The van der Waals surface area contributed by atoms with E-state index in [-0.39, 0.29) is 0 Å². The molecule has 0 aliphatic heterocycles.